The summed E-state index contributed by atoms with van der Waals surface area (Å²) in [5.41, 5.74) is 0.443. The van der Waals surface area contributed by atoms with E-state index in [1.54, 1.807) is 6.92 Å². The summed E-state index contributed by atoms with van der Waals surface area (Å²) in [5, 5.41) is 20.4. The van der Waals surface area contributed by atoms with Gasteiger partial charge in [0.2, 0.25) is 5.75 Å². The molecular formula is C10H12N2O6S. The molecule has 1 aliphatic rings. The quantitative estimate of drug-likeness (QED) is 0.605. The van der Waals surface area contributed by atoms with Crippen molar-refractivity contribution in [2.45, 2.75) is 19.1 Å². The van der Waals surface area contributed by atoms with E-state index < -0.39 is 38.5 Å². The molecule has 0 spiro atoms. The minimum absolute atomic E-state index is 0.142. The average Bonchev–Trinajstić information content (AvgIpc) is 2.54. The first-order valence-corrected chi connectivity index (χ1v) is 7.28. The van der Waals surface area contributed by atoms with Gasteiger partial charge >= 0.3 is 5.82 Å². The van der Waals surface area contributed by atoms with Crippen molar-refractivity contribution in [1.29, 1.82) is 0 Å². The standard InChI is InChI=1S/C10H12N2O6S/c1-6-2-3-8(10(11-6)12(14)15)18-9-5-19(16,17)4-7(9)13/h2-3,7,9,13H,4-5H2,1H3. The van der Waals surface area contributed by atoms with Gasteiger partial charge in [0.1, 0.15) is 17.9 Å². The van der Waals surface area contributed by atoms with Gasteiger partial charge in [0, 0.05) is 6.92 Å². The monoisotopic (exact) mass is 288 g/mol. The topological polar surface area (TPSA) is 120 Å². The second-order valence-corrected chi connectivity index (χ2v) is 6.49. The van der Waals surface area contributed by atoms with Crippen LogP contribution in [0.25, 0.3) is 0 Å². The number of nitrogens with zero attached hydrogens (tertiary/aromatic N) is 2. The Hall–Kier alpha value is -1.74. The second-order valence-electron chi connectivity index (χ2n) is 4.33. The van der Waals surface area contributed by atoms with Crippen LogP contribution in [0.5, 0.6) is 5.75 Å². The van der Waals surface area contributed by atoms with Crippen LogP contribution >= 0.6 is 0 Å². The molecule has 0 aliphatic carbocycles. The maximum Gasteiger partial charge on any atom is 0.406 e. The molecule has 0 bridgehead atoms. The van der Waals surface area contributed by atoms with Crippen LogP contribution in [0.2, 0.25) is 0 Å². The van der Waals surface area contributed by atoms with Crippen molar-refractivity contribution >= 4 is 15.7 Å². The normalized spacial score (nSPS) is 25.2. The molecule has 104 valence electrons. The molecule has 8 nitrogen and oxygen atoms in total. The molecule has 19 heavy (non-hydrogen) atoms. The Balaban J connectivity index is 2.27. The lowest BCUT2D eigenvalue weighted by Crippen LogP contribution is -2.30. The van der Waals surface area contributed by atoms with Gasteiger partial charge in [-0.15, -0.1) is 0 Å². The molecule has 2 heterocycles. The summed E-state index contributed by atoms with van der Waals surface area (Å²) >= 11 is 0. The van der Waals surface area contributed by atoms with E-state index in [9.17, 15) is 23.6 Å². The number of hydrogen-bond donors (Lipinski definition) is 1. The van der Waals surface area contributed by atoms with E-state index in [0.29, 0.717) is 5.69 Å². The molecule has 0 aromatic carbocycles. The minimum atomic E-state index is -3.37. The van der Waals surface area contributed by atoms with Crippen LogP contribution in [0.3, 0.4) is 0 Å². The third-order valence-electron chi connectivity index (χ3n) is 2.70. The number of aliphatic hydroxyl groups excluding tert-OH is 1. The summed E-state index contributed by atoms with van der Waals surface area (Å²) in [6.45, 7) is 1.59. The minimum Gasteiger partial charge on any atom is -0.478 e. The van der Waals surface area contributed by atoms with Gasteiger partial charge in [-0.25, -0.2) is 8.42 Å². The Morgan fingerprint density at radius 1 is 1.47 bits per heavy atom. The van der Waals surface area contributed by atoms with Crippen LogP contribution in [-0.4, -0.2) is 47.1 Å². The third-order valence-corrected chi connectivity index (χ3v) is 4.39. The second kappa shape index (κ2) is 4.74. The highest BCUT2D eigenvalue weighted by Gasteiger charge is 2.39. The van der Waals surface area contributed by atoms with Gasteiger partial charge in [-0.3, -0.25) is 0 Å². The van der Waals surface area contributed by atoms with Crippen LogP contribution in [-0.2, 0) is 9.84 Å². The molecule has 1 saturated heterocycles. The highest BCUT2D eigenvalue weighted by Crippen LogP contribution is 2.28. The van der Waals surface area contributed by atoms with E-state index in [1.165, 1.54) is 12.1 Å². The molecule has 1 N–H and O–H groups in total. The number of aryl methyl sites for hydroxylation is 1. The largest absolute Gasteiger partial charge is 0.478 e. The predicted octanol–water partition coefficient (Wildman–Crippen LogP) is -0.165. The van der Waals surface area contributed by atoms with Gasteiger partial charge in [-0.2, -0.15) is 0 Å². The molecule has 0 radical (unpaired) electrons. The first-order chi connectivity index (χ1) is 8.78. The zero-order valence-electron chi connectivity index (χ0n) is 10.0. The highest BCUT2D eigenvalue weighted by molar-refractivity contribution is 7.91. The fraction of sp³-hybridized carbons (Fsp3) is 0.500. The van der Waals surface area contributed by atoms with Gasteiger partial charge in [0.05, 0.1) is 11.5 Å². The van der Waals surface area contributed by atoms with Gasteiger partial charge < -0.3 is 20.0 Å². The fourth-order valence-corrected chi connectivity index (χ4v) is 3.49. The van der Waals surface area contributed by atoms with E-state index in [2.05, 4.69) is 4.98 Å². The van der Waals surface area contributed by atoms with Gasteiger partial charge in [0.25, 0.3) is 0 Å². The number of rotatable bonds is 3. The number of nitro groups is 1. The molecule has 0 saturated carbocycles. The lowest BCUT2D eigenvalue weighted by Gasteiger charge is -2.15. The Labute approximate surface area is 109 Å². The smallest absolute Gasteiger partial charge is 0.406 e. The summed E-state index contributed by atoms with van der Waals surface area (Å²) in [6, 6.07) is 2.86. The molecule has 1 aliphatic heterocycles. The molecule has 9 heteroatoms. The van der Waals surface area contributed by atoms with Crippen LogP contribution < -0.4 is 4.74 Å². The third kappa shape index (κ3) is 2.99. The molecule has 2 atom stereocenters. The van der Waals surface area contributed by atoms with Crippen molar-refractivity contribution in [1.82, 2.24) is 4.98 Å². The van der Waals surface area contributed by atoms with Crippen LogP contribution in [0, 0.1) is 17.0 Å². The highest BCUT2D eigenvalue weighted by atomic mass is 32.2. The van der Waals surface area contributed by atoms with E-state index >= 15 is 0 Å². The number of aromatic nitrogens is 1. The number of aliphatic hydroxyl groups is 1. The first-order valence-electron chi connectivity index (χ1n) is 5.46. The number of hydrogen-bond acceptors (Lipinski definition) is 7. The van der Waals surface area contributed by atoms with Crippen molar-refractivity contribution < 1.29 is 23.2 Å². The van der Waals surface area contributed by atoms with Crippen LogP contribution in [0.15, 0.2) is 12.1 Å². The maximum absolute atomic E-state index is 11.3. The summed E-state index contributed by atoms with van der Waals surface area (Å²) < 4.78 is 27.9. The van der Waals surface area contributed by atoms with Crippen molar-refractivity contribution in [3.63, 3.8) is 0 Å². The van der Waals surface area contributed by atoms with E-state index in [1.807, 2.05) is 0 Å². The zero-order valence-corrected chi connectivity index (χ0v) is 10.8. The fourth-order valence-electron chi connectivity index (χ4n) is 1.83. The lowest BCUT2D eigenvalue weighted by molar-refractivity contribution is -0.390. The Bertz CT molecular complexity index is 614. The predicted molar refractivity (Wildman–Crippen MR) is 64.7 cm³/mol. The lowest BCUT2D eigenvalue weighted by atomic mass is 10.2. The molecular weight excluding hydrogens is 276 g/mol. The Kier molecular flexibility index (Phi) is 3.42. The molecule has 2 rings (SSSR count). The van der Waals surface area contributed by atoms with E-state index in [-0.39, 0.29) is 11.5 Å². The molecule has 0 amide bonds. The van der Waals surface area contributed by atoms with Crippen LogP contribution in [0.4, 0.5) is 5.82 Å². The zero-order chi connectivity index (χ0) is 14.2. The number of sulfone groups is 1. The molecule has 2 unspecified atom stereocenters. The summed E-state index contributed by atoms with van der Waals surface area (Å²) in [6.07, 6.45) is -2.20. The first kappa shape index (κ1) is 13.7. The maximum atomic E-state index is 11.3. The van der Waals surface area contributed by atoms with Crippen molar-refractivity contribution in [3.8, 4) is 5.75 Å². The number of pyridine rings is 1. The summed E-state index contributed by atoms with van der Waals surface area (Å²) in [7, 11) is -3.37. The van der Waals surface area contributed by atoms with Crippen LogP contribution in [0.1, 0.15) is 5.69 Å². The average molecular weight is 288 g/mol. The Morgan fingerprint density at radius 2 is 2.16 bits per heavy atom. The van der Waals surface area contributed by atoms with Crippen molar-refractivity contribution in [2.24, 2.45) is 0 Å². The van der Waals surface area contributed by atoms with Gasteiger partial charge in [-0.05, 0) is 22.0 Å². The SMILES string of the molecule is Cc1ccc(OC2CS(=O)(=O)CC2O)c([N+](=O)[O-])n1. The van der Waals surface area contributed by atoms with E-state index in [4.69, 9.17) is 4.74 Å². The number of ether oxygens (including phenoxy) is 1. The van der Waals surface area contributed by atoms with Crippen molar-refractivity contribution in [2.75, 3.05) is 11.5 Å². The van der Waals surface area contributed by atoms with Gasteiger partial charge in [0.15, 0.2) is 9.84 Å². The van der Waals surface area contributed by atoms with Crippen molar-refractivity contribution in [3.05, 3.63) is 27.9 Å². The van der Waals surface area contributed by atoms with E-state index in [0.717, 1.165) is 0 Å². The van der Waals surface area contributed by atoms with Gasteiger partial charge in [-0.1, -0.05) is 0 Å². The molecule has 1 aromatic rings. The molecule has 1 fully saturated rings. The Morgan fingerprint density at radius 3 is 2.68 bits per heavy atom. The summed E-state index contributed by atoms with van der Waals surface area (Å²) in [4.78, 5) is 13.8. The summed E-state index contributed by atoms with van der Waals surface area (Å²) in [5.74, 6) is -1.39. The molecule has 1 aromatic heterocycles.